The number of nitriles is 1. The highest BCUT2D eigenvalue weighted by Crippen LogP contribution is 2.34. The largest absolute Gasteiger partial charge is 0.351 e. The topological polar surface area (TPSA) is 68.5 Å². The minimum absolute atomic E-state index is 0.0250. The van der Waals surface area contributed by atoms with Crippen LogP contribution in [0.25, 0.3) is 11.1 Å². The Bertz CT molecular complexity index is 1170. The van der Waals surface area contributed by atoms with E-state index in [2.05, 4.69) is 35.5 Å². The van der Waals surface area contributed by atoms with E-state index in [1.165, 1.54) is 0 Å². The van der Waals surface area contributed by atoms with Gasteiger partial charge in [-0.3, -0.25) is 0 Å². The number of nitrogens with zero attached hydrogens (tertiary/aromatic N) is 2. The Morgan fingerprint density at radius 1 is 1.06 bits per heavy atom. The standard InChI is InChI=1S/C28H29F2N3O2/c1-33-13-11-22(12-14-33)25(18-35-28(34)32-27-16-24(29)9-10-26(27)30)21-7-5-20(6-8-21)23-4-2-3-19(15-23)17-31/h2-10,15-16,22,25,28,32,34H,11-14,18H2,1H3. The number of rotatable bonds is 8. The van der Waals surface area contributed by atoms with Crippen LogP contribution in [0.1, 0.15) is 29.9 Å². The highest BCUT2D eigenvalue weighted by atomic mass is 19.1. The van der Waals surface area contributed by atoms with Gasteiger partial charge < -0.3 is 20.1 Å². The van der Waals surface area contributed by atoms with E-state index < -0.39 is 18.0 Å². The van der Waals surface area contributed by atoms with Gasteiger partial charge in [0.05, 0.1) is 23.9 Å². The van der Waals surface area contributed by atoms with Crippen molar-refractivity contribution < 1.29 is 18.6 Å². The first-order valence-electron chi connectivity index (χ1n) is 11.7. The molecule has 0 spiro atoms. The van der Waals surface area contributed by atoms with E-state index in [-0.39, 0.29) is 18.2 Å². The average molecular weight is 478 g/mol. The number of ether oxygens (including phenoxy) is 1. The van der Waals surface area contributed by atoms with Gasteiger partial charge in [0.25, 0.3) is 0 Å². The highest BCUT2D eigenvalue weighted by Gasteiger charge is 2.28. The zero-order valence-corrected chi connectivity index (χ0v) is 19.6. The van der Waals surface area contributed by atoms with Gasteiger partial charge in [-0.2, -0.15) is 5.26 Å². The van der Waals surface area contributed by atoms with Crippen molar-refractivity contribution in [3.8, 4) is 17.2 Å². The summed E-state index contributed by atoms with van der Waals surface area (Å²) in [5.74, 6) is -0.892. The molecule has 0 bridgehead atoms. The average Bonchev–Trinajstić information content (AvgIpc) is 2.88. The van der Waals surface area contributed by atoms with Gasteiger partial charge in [-0.15, -0.1) is 0 Å². The molecule has 0 radical (unpaired) electrons. The quantitative estimate of drug-likeness (QED) is 0.429. The smallest absolute Gasteiger partial charge is 0.235 e. The summed E-state index contributed by atoms with van der Waals surface area (Å²) in [6.45, 7) is 2.19. The van der Waals surface area contributed by atoms with Gasteiger partial charge in [0.15, 0.2) is 0 Å². The first-order valence-corrected chi connectivity index (χ1v) is 11.7. The number of aliphatic hydroxyl groups is 1. The van der Waals surface area contributed by atoms with Gasteiger partial charge in [-0.25, -0.2) is 8.78 Å². The van der Waals surface area contributed by atoms with Gasteiger partial charge in [-0.05, 0) is 79.9 Å². The maximum absolute atomic E-state index is 13.9. The number of hydrogen-bond acceptors (Lipinski definition) is 5. The van der Waals surface area contributed by atoms with Gasteiger partial charge in [0, 0.05) is 12.0 Å². The lowest BCUT2D eigenvalue weighted by Crippen LogP contribution is -2.35. The number of benzene rings is 3. The fraction of sp³-hybridized carbons (Fsp3) is 0.321. The maximum Gasteiger partial charge on any atom is 0.235 e. The molecule has 5 nitrogen and oxygen atoms in total. The monoisotopic (exact) mass is 477 g/mol. The Morgan fingerprint density at radius 2 is 1.80 bits per heavy atom. The lowest BCUT2D eigenvalue weighted by atomic mass is 9.80. The highest BCUT2D eigenvalue weighted by molar-refractivity contribution is 5.65. The molecule has 1 saturated heterocycles. The first-order chi connectivity index (χ1) is 16.9. The van der Waals surface area contributed by atoms with Crippen LogP contribution in [0.15, 0.2) is 66.7 Å². The molecular weight excluding hydrogens is 448 g/mol. The number of hydrogen-bond donors (Lipinski definition) is 2. The molecule has 2 atom stereocenters. The number of nitrogens with one attached hydrogen (secondary N) is 1. The summed E-state index contributed by atoms with van der Waals surface area (Å²) in [6.07, 6.45) is 0.518. The molecule has 0 aliphatic carbocycles. The third-order valence-electron chi connectivity index (χ3n) is 6.64. The van der Waals surface area contributed by atoms with Crippen LogP contribution in [0.3, 0.4) is 0 Å². The van der Waals surface area contributed by atoms with E-state index in [9.17, 15) is 19.1 Å². The van der Waals surface area contributed by atoms with Crippen molar-refractivity contribution in [2.75, 3.05) is 32.1 Å². The zero-order valence-electron chi connectivity index (χ0n) is 19.6. The summed E-state index contributed by atoms with van der Waals surface area (Å²) in [6, 6.07) is 20.8. The normalized spacial score (nSPS) is 16.4. The molecule has 0 saturated carbocycles. The predicted octanol–water partition coefficient (Wildman–Crippen LogP) is 5.33. The first kappa shape index (κ1) is 24.8. The Labute approximate surface area is 204 Å². The SMILES string of the molecule is CN1CCC(C(COC(O)Nc2cc(F)ccc2F)c2ccc(-c3cccc(C#N)c3)cc2)CC1. The summed E-state index contributed by atoms with van der Waals surface area (Å²) in [5, 5.41) is 22.0. The summed E-state index contributed by atoms with van der Waals surface area (Å²) < 4.78 is 33.1. The molecule has 35 heavy (non-hydrogen) atoms. The molecule has 0 amide bonds. The van der Waals surface area contributed by atoms with Crippen LogP contribution in [0, 0.1) is 28.9 Å². The maximum atomic E-state index is 13.9. The molecular formula is C28H29F2N3O2. The van der Waals surface area contributed by atoms with Crippen LogP contribution >= 0.6 is 0 Å². The molecule has 1 aliphatic heterocycles. The van der Waals surface area contributed by atoms with Crippen molar-refractivity contribution in [1.29, 1.82) is 5.26 Å². The minimum Gasteiger partial charge on any atom is -0.351 e. The zero-order chi connectivity index (χ0) is 24.8. The molecule has 1 heterocycles. The van der Waals surface area contributed by atoms with E-state index in [0.29, 0.717) is 11.5 Å². The summed E-state index contributed by atoms with van der Waals surface area (Å²) in [4.78, 5) is 2.29. The molecule has 7 heteroatoms. The molecule has 0 aromatic heterocycles. The molecule has 4 rings (SSSR count). The van der Waals surface area contributed by atoms with Crippen LogP contribution < -0.4 is 5.32 Å². The van der Waals surface area contributed by atoms with E-state index in [1.54, 1.807) is 6.07 Å². The second-order valence-electron chi connectivity index (χ2n) is 9.02. The summed E-state index contributed by atoms with van der Waals surface area (Å²) in [7, 11) is 2.10. The van der Waals surface area contributed by atoms with E-state index >= 15 is 0 Å². The molecule has 3 aromatic rings. The van der Waals surface area contributed by atoms with Crippen molar-refractivity contribution in [2.24, 2.45) is 5.92 Å². The molecule has 2 unspecified atom stereocenters. The third kappa shape index (κ3) is 6.43. The van der Waals surface area contributed by atoms with Crippen molar-refractivity contribution in [3.63, 3.8) is 0 Å². The Balaban J connectivity index is 1.49. The lowest BCUT2D eigenvalue weighted by Gasteiger charge is -2.35. The fourth-order valence-corrected chi connectivity index (χ4v) is 4.60. The Kier molecular flexibility index (Phi) is 8.09. The molecule has 182 valence electrons. The van der Waals surface area contributed by atoms with Crippen LogP contribution in [0.2, 0.25) is 0 Å². The molecule has 3 aromatic carbocycles. The van der Waals surface area contributed by atoms with Crippen molar-refractivity contribution in [2.45, 2.75) is 25.2 Å². The van der Waals surface area contributed by atoms with Crippen LogP contribution in [-0.4, -0.2) is 43.2 Å². The van der Waals surface area contributed by atoms with Crippen LogP contribution in [-0.2, 0) is 4.74 Å². The predicted molar refractivity (Wildman–Crippen MR) is 131 cm³/mol. The fourth-order valence-electron chi connectivity index (χ4n) is 4.60. The van der Waals surface area contributed by atoms with Gasteiger partial charge in [-0.1, -0.05) is 36.4 Å². The van der Waals surface area contributed by atoms with E-state index in [0.717, 1.165) is 60.8 Å². The number of likely N-dealkylation sites (tertiary alicyclic amines) is 1. The Morgan fingerprint density at radius 3 is 2.51 bits per heavy atom. The lowest BCUT2D eigenvalue weighted by molar-refractivity contribution is -0.0882. The van der Waals surface area contributed by atoms with Crippen LogP contribution in [0.4, 0.5) is 14.5 Å². The Hall–Kier alpha value is -3.31. The van der Waals surface area contributed by atoms with Crippen molar-refractivity contribution in [3.05, 3.63) is 89.5 Å². The van der Waals surface area contributed by atoms with Crippen LogP contribution in [0.5, 0.6) is 0 Å². The van der Waals surface area contributed by atoms with Crippen molar-refractivity contribution in [1.82, 2.24) is 4.90 Å². The minimum atomic E-state index is -1.48. The van der Waals surface area contributed by atoms with Crippen molar-refractivity contribution >= 4 is 5.69 Å². The van der Waals surface area contributed by atoms with Gasteiger partial charge in [0.1, 0.15) is 11.6 Å². The van der Waals surface area contributed by atoms with E-state index in [4.69, 9.17) is 4.74 Å². The van der Waals surface area contributed by atoms with E-state index in [1.807, 2.05) is 30.3 Å². The number of halogens is 2. The number of piperidine rings is 1. The third-order valence-corrected chi connectivity index (χ3v) is 6.64. The molecule has 1 aliphatic rings. The molecule has 2 N–H and O–H groups in total. The van der Waals surface area contributed by atoms with Gasteiger partial charge >= 0.3 is 0 Å². The molecule has 1 fully saturated rings. The second-order valence-corrected chi connectivity index (χ2v) is 9.02. The summed E-state index contributed by atoms with van der Waals surface area (Å²) in [5.41, 5.74) is 3.53. The second kappa shape index (κ2) is 11.4. The number of aliphatic hydroxyl groups excluding tert-OH is 1. The van der Waals surface area contributed by atoms with Gasteiger partial charge in [0.2, 0.25) is 6.41 Å². The summed E-state index contributed by atoms with van der Waals surface area (Å²) >= 11 is 0. The number of anilines is 1.